The van der Waals surface area contributed by atoms with Crippen molar-refractivity contribution in [2.75, 3.05) is 22.4 Å². The van der Waals surface area contributed by atoms with Crippen LogP contribution in [0.3, 0.4) is 0 Å². The van der Waals surface area contributed by atoms with Crippen LogP contribution in [0.4, 0.5) is 15.8 Å². The van der Waals surface area contributed by atoms with Gasteiger partial charge in [-0.2, -0.15) is 0 Å². The molecule has 0 aromatic heterocycles. The topological polar surface area (TPSA) is 66.5 Å². The Morgan fingerprint density at radius 1 is 1.09 bits per heavy atom. The van der Waals surface area contributed by atoms with Crippen molar-refractivity contribution >= 4 is 27.3 Å². The Morgan fingerprint density at radius 3 is 2.23 bits per heavy atom. The molecule has 0 fully saturated rings. The van der Waals surface area contributed by atoms with E-state index in [1.807, 2.05) is 0 Å². The second-order valence-corrected chi connectivity index (χ2v) is 6.57. The Hall–Kier alpha value is -2.41. The largest absolute Gasteiger partial charge is 0.325 e. The summed E-state index contributed by atoms with van der Waals surface area (Å²) in [6, 6.07) is 13.6. The molecular weight excluding hydrogens is 307 g/mol. The summed E-state index contributed by atoms with van der Waals surface area (Å²) in [6.07, 6.45) is 1.03. The number of hydrogen-bond acceptors (Lipinski definition) is 3. The van der Waals surface area contributed by atoms with Gasteiger partial charge in [0.15, 0.2) is 0 Å². The summed E-state index contributed by atoms with van der Waals surface area (Å²) in [5, 5.41) is 2.53. The minimum absolute atomic E-state index is 0.361. The lowest BCUT2D eigenvalue weighted by Crippen LogP contribution is -2.37. The third kappa shape index (κ3) is 4.29. The number of hydrogen-bond donors (Lipinski definition) is 1. The summed E-state index contributed by atoms with van der Waals surface area (Å²) in [4.78, 5) is 12.0. The maximum absolute atomic E-state index is 12.8. The monoisotopic (exact) mass is 322 g/mol. The molecule has 0 bridgehead atoms. The SMILES string of the molecule is CS(=O)(=O)N(CC(=O)Nc1ccc(F)cc1)c1ccccc1. The van der Waals surface area contributed by atoms with Crippen LogP contribution in [-0.4, -0.2) is 27.1 Å². The highest BCUT2D eigenvalue weighted by atomic mass is 32.2. The highest BCUT2D eigenvalue weighted by Crippen LogP contribution is 2.17. The predicted octanol–water partition coefficient (Wildman–Crippen LogP) is 2.23. The third-order valence-electron chi connectivity index (χ3n) is 2.86. The fourth-order valence-electron chi connectivity index (χ4n) is 1.86. The number of carbonyl (C=O) groups is 1. The molecule has 0 radical (unpaired) electrons. The lowest BCUT2D eigenvalue weighted by atomic mass is 10.3. The number of rotatable bonds is 5. The van der Waals surface area contributed by atoms with Crippen LogP contribution in [0, 0.1) is 5.82 Å². The summed E-state index contributed by atoms with van der Waals surface area (Å²) in [5.74, 6) is -0.930. The lowest BCUT2D eigenvalue weighted by molar-refractivity contribution is -0.114. The van der Waals surface area contributed by atoms with Gasteiger partial charge < -0.3 is 5.32 Å². The van der Waals surface area contributed by atoms with Gasteiger partial charge in [0, 0.05) is 5.69 Å². The summed E-state index contributed by atoms with van der Waals surface area (Å²) in [5.41, 5.74) is 0.798. The average molecular weight is 322 g/mol. The first kappa shape index (κ1) is 16.0. The number of benzene rings is 2. The van der Waals surface area contributed by atoms with Gasteiger partial charge in [-0.05, 0) is 36.4 Å². The standard InChI is InChI=1S/C15H15FN2O3S/c1-22(20,21)18(14-5-3-2-4-6-14)11-15(19)17-13-9-7-12(16)8-10-13/h2-10H,11H2,1H3,(H,17,19). The van der Waals surface area contributed by atoms with E-state index >= 15 is 0 Å². The van der Waals surface area contributed by atoms with Gasteiger partial charge >= 0.3 is 0 Å². The molecule has 22 heavy (non-hydrogen) atoms. The molecule has 1 N–H and O–H groups in total. The van der Waals surface area contributed by atoms with Crippen molar-refractivity contribution in [1.29, 1.82) is 0 Å². The molecule has 0 aliphatic rings. The van der Waals surface area contributed by atoms with Gasteiger partial charge in [0.1, 0.15) is 12.4 Å². The quantitative estimate of drug-likeness (QED) is 0.918. The second-order valence-electron chi connectivity index (χ2n) is 4.66. The molecule has 0 saturated heterocycles. The van der Waals surface area contributed by atoms with E-state index in [0.717, 1.165) is 10.6 Å². The van der Waals surface area contributed by atoms with Crippen LogP contribution in [0.1, 0.15) is 0 Å². The summed E-state index contributed by atoms with van der Waals surface area (Å²) < 4.78 is 37.5. The first-order valence-electron chi connectivity index (χ1n) is 6.44. The molecule has 0 aliphatic heterocycles. The van der Waals surface area contributed by atoms with Gasteiger partial charge in [0.25, 0.3) is 0 Å². The summed E-state index contributed by atoms with van der Waals surface area (Å²) in [7, 11) is -3.60. The molecular formula is C15H15FN2O3S. The molecule has 2 rings (SSSR count). The van der Waals surface area contributed by atoms with Crippen molar-refractivity contribution in [1.82, 2.24) is 0 Å². The maximum atomic E-state index is 12.8. The molecule has 0 heterocycles. The van der Waals surface area contributed by atoms with E-state index in [4.69, 9.17) is 0 Å². The van der Waals surface area contributed by atoms with Crippen molar-refractivity contribution in [2.24, 2.45) is 0 Å². The minimum atomic E-state index is -3.60. The lowest BCUT2D eigenvalue weighted by Gasteiger charge is -2.21. The van der Waals surface area contributed by atoms with Crippen LogP contribution < -0.4 is 9.62 Å². The Balaban J connectivity index is 2.14. The molecule has 5 nitrogen and oxygen atoms in total. The van der Waals surface area contributed by atoms with E-state index in [-0.39, 0.29) is 6.54 Å². The summed E-state index contributed by atoms with van der Waals surface area (Å²) >= 11 is 0. The maximum Gasteiger partial charge on any atom is 0.245 e. The van der Waals surface area contributed by atoms with E-state index < -0.39 is 21.7 Å². The van der Waals surface area contributed by atoms with Crippen molar-refractivity contribution < 1.29 is 17.6 Å². The number of anilines is 2. The Bertz CT molecular complexity index is 746. The zero-order chi connectivity index (χ0) is 16.2. The normalized spacial score (nSPS) is 11.0. The van der Waals surface area contributed by atoms with E-state index in [1.165, 1.54) is 24.3 Å². The minimum Gasteiger partial charge on any atom is -0.325 e. The molecule has 2 aromatic carbocycles. The highest BCUT2D eigenvalue weighted by Gasteiger charge is 2.20. The smallest absolute Gasteiger partial charge is 0.245 e. The van der Waals surface area contributed by atoms with Crippen LogP contribution in [0.5, 0.6) is 0 Å². The van der Waals surface area contributed by atoms with Crippen LogP contribution in [0.25, 0.3) is 0 Å². The fourth-order valence-corrected chi connectivity index (χ4v) is 2.71. The van der Waals surface area contributed by atoms with E-state index in [2.05, 4.69) is 5.32 Å². The Kier molecular flexibility index (Phi) is 4.77. The van der Waals surface area contributed by atoms with Crippen molar-refractivity contribution in [3.8, 4) is 0 Å². The van der Waals surface area contributed by atoms with Crippen LogP contribution in [-0.2, 0) is 14.8 Å². The molecule has 0 unspecified atom stereocenters. The van der Waals surface area contributed by atoms with Crippen LogP contribution >= 0.6 is 0 Å². The first-order chi connectivity index (χ1) is 10.4. The van der Waals surface area contributed by atoms with Crippen molar-refractivity contribution in [3.05, 3.63) is 60.4 Å². The molecule has 2 aromatic rings. The number of nitrogens with zero attached hydrogens (tertiary/aromatic N) is 1. The number of nitrogens with one attached hydrogen (secondary N) is 1. The number of para-hydroxylation sites is 1. The highest BCUT2D eigenvalue weighted by molar-refractivity contribution is 7.92. The molecule has 0 spiro atoms. The molecule has 0 aliphatic carbocycles. The molecule has 116 valence electrons. The fraction of sp³-hybridized carbons (Fsp3) is 0.133. The number of halogens is 1. The average Bonchev–Trinajstić information content (AvgIpc) is 2.47. The summed E-state index contributed by atoms with van der Waals surface area (Å²) in [6.45, 7) is -0.361. The number of carbonyl (C=O) groups excluding carboxylic acids is 1. The van der Waals surface area contributed by atoms with Crippen molar-refractivity contribution in [3.63, 3.8) is 0 Å². The van der Waals surface area contributed by atoms with Gasteiger partial charge in [-0.25, -0.2) is 12.8 Å². The molecule has 7 heteroatoms. The zero-order valence-corrected chi connectivity index (χ0v) is 12.7. The third-order valence-corrected chi connectivity index (χ3v) is 4.00. The predicted molar refractivity (Wildman–Crippen MR) is 83.7 cm³/mol. The van der Waals surface area contributed by atoms with E-state index in [1.54, 1.807) is 30.3 Å². The van der Waals surface area contributed by atoms with E-state index in [9.17, 15) is 17.6 Å². The molecule has 1 amide bonds. The first-order valence-corrected chi connectivity index (χ1v) is 8.29. The van der Waals surface area contributed by atoms with Gasteiger partial charge in [-0.15, -0.1) is 0 Å². The van der Waals surface area contributed by atoms with Crippen molar-refractivity contribution in [2.45, 2.75) is 0 Å². The van der Waals surface area contributed by atoms with Gasteiger partial charge in [0.05, 0.1) is 11.9 Å². The second kappa shape index (κ2) is 6.57. The molecule has 0 atom stereocenters. The van der Waals surface area contributed by atoms with Crippen LogP contribution in [0.15, 0.2) is 54.6 Å². The van der Waals surface area contributed by atoms with Gasteiger partial charge in [-0.1, -0.05) is 18.2 Å². The number of amides is 1. The molecule has 0 saturated carbocycles. The van der Waals surface area contributed by atoms with Gasteiger partial charge in [-0.3, -0.25) is 9.10 Å². The Labute approximate surface area is 128 Å². The zero-order valence-electron chi connectivity index (χ0n) is 11.9. The van der Waals surface area contributed by atoms with Gasteiger partial charge in [0.2, 0.25) is 15.9 Å². The number of sulfonamides is 1. The van der Waals surface area contributed by atoms with Crippen LogP contribution in [0.2, 0.25) is 0 Å². The van der Waals surface area contributed by atoms with E-state index in [0.29, 0.717) is 11.4 Å². The Morgan fingerprint density at radius 2 is 1.68 bits per heavy atom.